The number of nitrogens with one attached hydrogen (secondary N) is 2. The molecule has 2 N–H and O–H groups in total. The van der Waals surface area contributed by atoms with Gasteiger partial charge in [0.2, 0.25) is 0 Å². The summed E-state index contributed by atoms with van der Waals surface area (Å²) in [6.45, 7) is 3.35. The van der Waals surface area contributed by atoms with Gasteiger partial charge in [-0.15, -0.1) is 12.3 Å². The van der Waals surface area contributed by atoms with Crippen LogP contribution in [0.4, 0.5) is 0 Å². The molecule has 0 saturated carbocycles. The van der Waals surface area contributed by atoms with Crippen LogP contribution in [0.1, 0.15) is 19.3 Å². The van der Waals surface area contributed by atoms with Crippen molar-refractivity contribution >= 4 is 0 Å². The Labute approximate surface area is 68.8 Å². The van der Waals surface area contributed by atoms with Crippen LogP contribution in [0, 0.1) is 12.3 Å². The first-order chi connectivity index (χ1) is 5.43. The van der Waals surface area contributed by atoms with Crippen molar-refractivity contribution in [1.82, 2.24) is 10.6 Å². The van der Waals surface area contributed by atoms with Crippen molar-refractivity contribution in [2.75, 3.05) is 19.6 Å². The molecule has 1 saturated heterocycles. The number of hydrogen-bond donors (Lipinski definition) is 2. The first-order valence-corrected chi connectivity index (χ1v) is 4.31. The highest BCUT2D eigenvalue weighted by atomic mass is 15.0. The smallest absolute Gasteiger partial charge is 0.0204 e. The van der Waals surface area contributed by atoms with E-state index in [1.54, 1.807) is 0 Å². The van der Waals surface area contributed by atoms with E-state index in [0.29, 0.717) is 6.04 Å². The van der Waals surface area contributed by atoms with Gasteiger partial charge in [0.1, 0.15) is 0 Å². The summed E-state index contributed by atoms with van der Waals surface area (Å²) in [7, 11) is 0. The molecule has 0 aromatic rings. The molecule has 0 bridgehead atoms. The zero-order chi connectivity index (χ0) is 7.94. The fraction of sp³-hybridized carbons (Fsp3) is 0.778. The molecule has 1 fully saturated rings. The summed E-state index contributed by atoms with van der Waals surface area (Å²) in [4.78, 5) is 0. The molecule has 62 valence electrons. The predicted octanol–water partition coefficient (Wildman–Crippen LogP) is 0.351. The van der Waals surface area contributed by atoms with Gasteiger partial charge >= 0.3 is 0 Å². The second kappa shape index (κ2) is 5.17. The summed E-state index contributed by atoms with van der Waals surface area (Å²) < 4.78 is 0. The normalized spacial score (nSPS) is 23.4. The van der Waals surface area contributed by atoms with E-state index < -0.39 is 0 Å². The van der Waals surface area contributed by atoms with E-state index in [1.165, 1.54) is 6.42 Å². The molecule has 1 unspecified atom stereocenters. The van der Waals surface area contributed by atoms with Crippen LogP contribution in [-0.4, -0.2) is 25.7 Å². The molecule has 11 heavy (non-hydrogen) atoms. The maximum Gasteiger partial charge on any atom is 0.0204 e. The molecular weight excluding hydrogens is 136 g/mol. The SMILES string of the molecule is C#CCCCNC1CCNC1. The summed E-state index contributed by atoms with van der Waals surface area (Å²) >= 11 is 0. The molecule has 0 spiro atoms. The summed E-state index contributed by atoms with van der Waals surface area (Å²) in [6, 6.07) is 0.688. The summed E-state index contributed by atoms with van der Waals surface area (Å²) in [6.07, 6.45) is 8.39. The van der Waals surface area contributed by atoms with Crippen molar-refractivity contribution in [3.63, 3.8) is 0 Å². The third-order valence-corrected chi connectivity index (χ3v) is 1.99. The highest BCUT2D eigenvalue weighted by Crippen LogP contribution is 1.96. The van der Waals surface area contributed by atoms with Crippen LogP contribution in [0.5, 0.6) is 0 Å². The van der Waals surface area contributed by atoms with Gasteiger partial charge in [-0.05, 0) is 25.9 Å². The maximum absolute atomic E-state index is 5.13. The molecule has 1 aliphatic rings. The van der Waals surface area contributed by atoms with Crippen molar-refractivity contribution in [2.45, 2.75) is 25.3 Å². The molecule has 1 atom stereocenters. The summed E-state index contributed by atoms with van der Waals surface area (Å²) in [5.41, 5.74) is 0. The molecule has 0 radical (unpaired) electrons. The Morgan fingerprint density at radius 3 is 3.18 bits per heavy atom. The van der Waals surface area contributed by atoms with Gasteiger partial charge in [0, 0.05) is 19.0 Å². The fourth-order valence-electron chi connectivity index (χ4n) is 1.33. The van der Waals surface area contributed by atoms with Crippen molar-refractivity contribution in [3.05, 3.63) is 0 Å². The van der Waals surface area contributed by atoms with Crippen LogP contribution in [0.3, 0.4) is 0 Å². The molecule has 1 heterocycles. The van der Waals surface area contributed by atoms with E-state index >= 15 is 0 Å². The van der Waals surface area contributed by atoms with Crippen molar-refractivity contribution < 1.29 is 0 Å². The van der Waals surface area contributed by atoms with Crippen LogP contribution in [0.15, 0.2) is 0 Å². The van der Waals surface area contributed by atoms with E-state index in [-0.39, 0.29) is 0 Å². The zero-order valence-corrected chi connectivity index (χ0v) is 6.90. The minimum absolute atomic E-state index is 0.688. The molecule has 2 heteroatoms. The third kappa shape index (κ3) is 3.41. The van der Waals surface area contributed by atoms with Crippen molar-refractivity contribution in [3.8, 4) is 12.3 Å². The minimum atomic E-state index is 0.688. The standard InChI is InChI=1S/C9H16N2/c1-2-3-4-6-11-9-5-7-10-8-9/h1,9-11H,3-8H2. The van der Waals surface area contributed by atoms with Gasteiger partial charge < -0.3 is 10.6 Å². The van der Waals surface area contributed by atoms with Gasteiger partial charge in [0.05, 0.1) is 0 Å². The zero-order valence-electron chi connectivity index (χ0n) is 6.90. The Morgan fingerprint density at radius 1 is 1.64 bits per heavy atom. The first-order valence-electron chi connectivity index (χ1n) is 4.31. The molecular formula is C9H16N2. The lowest BCUT2D eigenvalue weighted by Crippen LogP contribution is -2.31. The fourth-order valence-corrected chi connectivity index (χ4v) is 1.33. The Bertz CT molecular complexity index is 131. The lowest BCUT2D eigenvalue weighted by Gasteiger charge is -2.09. The van der Waals surface area contributed by atoms with Gasteiger partial charge in [-0.1, -0.05) is 0 Å². The van der Waals surface area contributed by atoms with Crippen LogP contribution in [0.2, 0.25) is 0 Å². The van der Waals surface area contributed by atoms with E-state index in [1.807, 2.05) is 0 Å². The van der Waals surface area contributed by atoms with Gasteiger partial charge in [-0.2, -0.15) is 0 Å². The molecule has 0 aromatic heterocycles. The molecule has 1 aliphatic heterocycles. The van der Waals surface area contributed by atoms with E-state index in [0.717, 1.165) is 32.5 Å². The average molecular weight is 152 g/mol. The second-order valence-corrected chi connectivity index (χ2v) is 2.95. The topological polar surface area (TPSA) is 24.1 Å². The second-order valence-electron chi connectivity index (χ2n) is 2.95. The Kier molecular flexibility index (Phi) is 4.03. The third-order valence-electron chi connectivity index (χ3n) is 1.99. The highest BCUT2D eigenvalue weighted by molar-refractivity contribution is 4.84. The lowest BCUT2D eigenvalue weighted by atomic mass is 10.2. The van der Waals surface area contributed by atoms with E-state index in [2.05, 4.69) is 16.6 Å². The van der Waals surface area contributed by atoms with Crippen LogP contribution in [0.25, 0.3) is 0 Å². The Morgan fingerprint density at radius 2 is 2.55 bits per heavy atom. The van der Waals surface area contributed by atoms with E-state index in [4.69, 9.17) is 6.42 Å². The molecule has 0 aliphatic carbocycles. The molecule has 0 aromatic carbocycles. The predicted molar refractivity (Wildman–Crippen MR) is 47.3 cm³/mol. The summed E-state index contributed by atoms with van der Waals surface area (Å²) in [5.74, 6) is 2.64. The number of terminal acetylenes is 1. The average Bonchev–Trinajstić information content (AvgIpc) is 2.50. The number of rotatable bonds is 4. The summed E-state index contributed by atoms with van der Waals surface area (Å²) in [5, 5.41) is 6.77. The molecule has 0 amide bonds. The van der Waals surface area contributed by atoms with Crippen LogP contribution < -0.4 is 10.6 Å². The monoisotopic (exact) mass is 152 g/mol. The Hall–Kier alpha value is -0.520. The van der Waals surface area contributed by atoms with Gasteiger partial charge in [0.15, 0.2) is 0 Å². The van der Waals surface area contributed by atoms with Gasteiger partial charge in [-0.3, -0.25) is 0 Å². The maximum atomic E-state index is 5.13. The largest absolute Gasteiger partial charge is 0.315 e. The van der Waals surface area contributed by atoms with Crippen LogP contribution >= 0.6 is 0 Å². The quantitative estimate of drug-likeness (QED) is 0.449. The molecule has 1 rings (SSSR count). The van der Waals surface area contributed by atoms with E-state index in [9.17, 15) is 0 Å². The highest BCUT2D eigenvalue weighted by Gasteiger charge is 2.11. The number of unbranched alkanes of at least 4 members (excludes halogenated alkanes) is 1. The number of hydrogen-bond acceptors (Lipinski definition) is 2. The van der Waals surface area contributed by atoms with Gasteiger partial charge in [-0.25, -0.2) is 0 Å². The lowest BCUT2D eigenvalue weighted by molar-refractivity contribution is 0.539. The minimum Gasteiger partial charge on any atom is -0.315 e. The van der Waals surface area contributed by atoms with Crippen molar-refractivity contribution in [2.24, 2.45) is 0 Å². The first kappa shape index (κ1) is 8.58. The Balaban J connectivity index is 1.90. The van der Waals surface area contributed by atoms with Gasteiger partial charge in [0.25, 0.3) is 0 Å². The molecule has 2 nitrogen and oxygen atoms in total. The van der Waals surface area contributed by atoms with Crippen LogP contribution in [-0.2, 0) is 0 Å². The van der Waals surface area contributed by atoms with Crippen molar-refractivity contribution in [1.29, 1.82) is 0 Å².